The predicted molar refractivity (Wildman–Crippen MR) is 39.6 cm³/mol. The predicted octanol–water partition coefficient (Wildman–Crippen LogP) is 2.29. The van der Waals surface area contributed by atoms with Crippen LogP contribution in [0, 0.1) is 0 Å². The SMILES string of the molecule is CCCCC1OOC1(C)C. The van der Waals surface area contributed by atoms with Crippen molar-refractivity contribution in [3.8, 4) is 0 Å². The zero-order valence-electron chi connectivity index (χ0n) is 7.02. The quantitative estimate of drug-likeness (QED) is 0.566. The average molecular weight is 144 g/mol. The van der Waals surface area contributed by atoms with Gasteiger partial charge in [0.1, 0.15) is 11.7 Å². The van der Waals surface area contributed by atoms with Crippen LogP contribution in [0.15, 0.2) is 0 Å². The number of unbranched alkanes of at least 4 members (excludes halogenated alkanes) is 1. The second-order valence-corrected chi connectivity index (χ2v) is 3.41. The zero-order valence-corrected chi connectivity index (χ0v) is 7.02. The van der Waals surface area contributed by atoms with E-state index in [1.54, 1.807) is 0 Å². The first kappa shape index (κ1) is 8.02. The molecule has 1 fully saturated rings. The van der Waals surface area contributed by atoms with Crippen LogP contribution in [0.4, 0.5) is 0 Å². The van der Waals surface area contributed by atoms with Crippen molar-refractivity contribution in [2.75, 3.05) is 0 Å². The van der Waals surface area contributed by atoms with Gasteiger partial charge in [0.2, 0.25) is 0 Å². The minimum atomic E-state index is -0.0326. The lowest BCUT2D eigenvalue weighted by atomic mass is 9.95. The molecule has 0 aromatic carbocycles. The first-order valence-electron chi connectivity index (χ1n) is 4.01. The van der Waals surface area contributed by atoms with Gasteiger partial charge < -0.3 is 0 Å². The van der Waals surface area contributed by atoms with Gasteiger partial charge in [-0.15, -0.1) is 0 Å². The number of hydrogen-bond acceptors (Lipinski definition) is 2. The fourth-order valence-corrected chi connectivity index (χ4v) is 1.09. The molecular formula is C8H16O2. The Kier molecular flexibility index (Phi) is 2.32. The van der Waals surface area contributed by atoms with Gasteiger partial charge in [0, 0.05) is 0 Å². The molecule has 0 bridgehead atoms. The van der Waals surface area contributed by atoms with Crippen molar-refractivity contribution in [1.82, 2.24) is 0 Å². The maximum absolute atomic E-state index is 4.95. The molecule has 0 aliphatic carbocycles. The first-order chi connectivity index (χ1) is 4.67. The molecular weight excluding hydrogens is 128 g/mol. The normalized spacial score (nSPS) is 29.7. The van der Waals surface area contributed by atoms with Crippen LogP contribution in [0.25, 0.3) is 0 Å². The fraction of sp³-hybridized carbons (Fsp3) is 1.00. The highest BCUT2D eigenvalue weighted by molar-refractivity contribution is 4.83. The van der Waals surface area contributed by atoms with E-state index >= 15 is 0 Å². The van der Waals surface area contributed by atoms with Crippen molar-refractivity contribution in [2.45, 2.75) is 51.7 Å². The molecule has 0 saturated carbocycles. The Morgan fingerprint density at radius 3 is 2.40 bits per heavy atom. The number of rotatable bonds is 3. The highest BCUT2D eigenvalue weighted by Crippen LogP contribution is 2.32. The van der Waals surface area contributed by atoms with Crippen LogP contribution in [0.3, 0.4) is 0 Å². The summed E-state index contributed by atoms with van der Waals surface area (Å²) in [6.45, 7) is 6.32. The summed E-state index contributed by atoms with van der Waals surface area (Å²) in [6, 6.07) is 0. The van der Waals surface area contributed by atoms with Crippen LogP contribution in [0.1, 0.15) is 40.0 Å². The highest BCUT2D eigenvalue weighted by atomic mass is 17.3. The third-order valence-electron chi connectivity index (χ3n) is 1.97. The molecule has 1 rings (SSSR count). The Labute approximate surface area is 62.4 Å². The molecule has 1 atom stereocenters. The Balaban J connectivity index is 2.17. The topological polar surface area (TPSA) is 18.5 Å². The standard InChI is InChI=1S/C8H16O2/c1-4-5-6-7-8(2,3)10-9-7/h7H,4-6H2,1-3H3. The van der Waals surface area contributed by atoms with Gasteiger partial charge in [-0.3, -0.25) is 0 Å². The van der Waals surface area contributed by atoms with E-state index in [-0.39, 0.29) is 5.60 Å². The van der Waals surface area contributed by atoms with Crippen LogP contribution < -0.4 is 0 Å². The minimum Gasteiger partial charge on any atom is -0.230 e. The van der Waals surface area contributed by atoms with E-state index < -0.39 is 0 Å². The van der Waals surface area contributed by atoms with Gasteiger partial charge >= 0.3 is 0 Å². The first-order valence-corrected chi connectivity index (χ1v) is 4.01. The molecule has 10 heavy (non-hydrogen) atoms. The molecule has 1 saturated heterocycles. The van der Waals surface area contributed by atoms with Crippen LogP contribution in [-0.2, 0) is 9.78 Å². The molecule has 0 radical (unpaired) electrons. The largest absolute Gasteiger partial charge is 0.230 e. The van der Waals surface area contributed by atoms with Crippen LogP contribution in [0.5, 0.6) is 0 Å². The Morgan fingerprint density at radius 1 is 1.40 bits per heavy atom. The third kappa shape index (κ3) is 1.50. The molecule has 2 heteroatoms. The van der Waals surface area contributed by atoms with E-state index in [0.29, 0.717) is 6.10 Å². The summed E-state index contributed by atoms with van der Waals surface area (Å²) in [7, 11) is 0. The minimum absolute atomic E-state index is 0.0326. The van der Waals surface area contributed by atoms with E-state index in [4.69, 9.17) is 9.78 Å². The fourth-order valence-electron chi connectivity index (χ4n) is 1.09. The monoisotopic (exact) mass is 144 g/mol. The van der Waals surface area contributed by atoms with E-state index in [1.165, 1.54) is 12.8 Å². The van der Waals surface area contributed by atoms with Crippen molar-refractivity contribution >= 4 is 0 Å². The van der Waals surface area contributed by atoms with Gasteiger partial charge in [0.25, 0.3) is 0 Å². The van der Waals surface area contributed by atoms with Crippen molar-refractivity contribution in [1.29, 1.82) is 0 Å². The van der Waals surface area contributed by atoms with Gasteiger partial charge in [-0.1, -0.05) is 19.8 Å². The van der Waals surface area contributed by atoms with E-state index in [9.17, 15) is 0 Å². The van der Waals surface area contributed by atoms with Gasteiger partial charge in [-0.2, -0.15) is 0 Å². The maximum atomic E-state index is 4.95. The second-order valence-electron chi connectivity index (χ2n) is 3.41. The molecule has 0 amide bonds. The molecule has 1 unspecified atom stereocenters. The average Bonchev–Trinajstić information content (AvgIpc) is 1.87. The smallest absolute Gasteiger partial charge is 0.127 e. The third-order valence-corrected chi connectivity index (χ3v) is 1.97. The Bertz CT molecular complexity index is 110. The van der Waals surface area contributed by atoms with Gasteiger partial charge in [-0.05, 0) is 20.3 Å². The van der Waals surface area contributed by atoms with Crippen molar-refractivity contribution in [3.05, 3.63) is 0 Å². The van der Waals surface area contributed by atoms with Crippen LogP contribution >= 0.6 is 0 Å². The molecule has 2 nitrogen and oxygen atoms in total. The molecule has 1 heterocycles. The zero-order chi connectivity index (χ0) is 7.61. The molecule has 0 N–H and O–H groups in total. The molecule has 60 valence electrons. The van der Waals surface area contributed by atoms with Crippen molar-refractivity contribution in [3.63, 3.8) is 0 Å². The molecule has 0 spiro atoms. The maximum Gasteiger partial charge on any atom is 0.127 e. The summed E-state index contributed by atoms with van der Waals surface area (Å²) < 4.78 is 0. The summed E-state index contributed by atoms with van der Waals surface area (Å²) in [5.74, 6) is 0. The van der Waals surface area contributed by atoms with Crippen molar-refractivity contribution < 1.29 is 9.78 Å². The lowest BCUT2D eigenvalue weighted by Crippen LogP contribution is -2.51. The highest BCUT2D eigenvalue weighted by Gasteiger charge is 2.42. The molecule has 0 aromatic heterocycles. The summed E-state index contributed by atoms with van der Waals surface area (Å²) in [5, 5.41) is 0. The summed E-state index contributed by atoms with van der Waals surface area (Å²) >= 11 is 0. The molecule has 1 aliphatic heterocycles. The van der Waals surface area contributed by atoms with Crippen molar-refractivity contribution in [2.24, 2.45) is 0 Å². The van der Waals surface area contributed by atoms with E-state index in [0.717, 1.165) is 6.42 Å². The second kappa shape index (κ2) is 2.89. The van der Waals surface area contributed by atoms with Crippen LogP contribution in [-0.4, -0.2) is 11.7 Å². The van der Waals surface area contributed by atoms with E-state index in [2.05, 4.69) is 20.8 Å². The lowest BCUT2D eigenvalue weighted by Gasteiger charge is -2.41. The summed E-state index contributed by atoms with van der Waals surface area (Å²) in [4.78, 5) is 9.88. The number of hydrogen-bond donors (Lipinski definition) is 0. The van der Waals surface area contributed by atoms with Gasteiger partial charge in [0.05, 0.1) is 0 Å². The van der Waals surface area contributed by atoms with Gasteiger partial charge in [-0.25, -0.2) is 9.78 Å². The molecule has 0 aromatic rings. The Hall–Kier alpha value is -0.0800. The van der Waals surface area contributed by atoms with Crippen LogP contribution in [0.2, 0.25) is 0 Å². The van der Waals surface area contributed by atoms with E-state index in [1.807, 2.05) is 0 Å². The lowest BCUT2D eigenvalue weighted by molar-refractivity contribution is -0.501. The summed E-state index contributed by atoms with van der Waals surface area (Å²) in [5.41, 5.74) is -0.0326. The summed E-state index contributed by atoms with van der Waals surface area (Å²) in [6.07, 6.45) is 3.92. The molecule has 1 aliphatic rings. The Morgan fingerprint density at radius 2 is 2.10 bits per heavy atom. The van der Waals surface area contributed by atoms with Gasteiger partial charge in [0.15, 0.2) is 0 Å².